The molecule has 0 radical (unpaired) electrons. The molecule has 1 fully saturated rings. The van der Waals surface area contributed by atoms with Crippen LogP contribution in [0.3, 0.4) is 0 Å². The zero-order valence-electron chi connectivity index (χ0n) is 19.9. The Kier molecular flexibility index (Phi) is 6.49. The number of rotatable bonds is 6. The van der Waals surface area contributed by atoms with Crippen LogP contribution >= 0.6 is 34.7 Å². The van der Waals surface area contributed by atoms with Crippen molar-refractivity contribution in [1.82, 2.24) is 4.98 Å². The number of H-pyrrole nitrogens is 1. The molecule has 2 amide bonds. The Bertz CT molecular complexity index is 1670. The summed E-state index contributed by atoms with van der Waals surface area (Å²) in [7, 11) is 0. The molecular weight excluding hydrogens is 562 g/mol. The number of carbonyl (C=O) groups excluding carboxylic acids is 2. The largest absolute Gasteiger partial charge is 0.489 e. The fraction of sp³-hybridized carbons (Fsp3) is 0.148. The van der Waals surface area contributed by atoms with Gasteiger partial charge in [0.05, 0.1) is 21.6 Å². The third kappa shape index (κ3) is 4.62. The number of non-ortho nitro benzene ring substituents is 1. The highest BCUT2D eigenvalue weighted by Crippen LogP contribution is 2.53. The van der Waals surface area contributed by atoms with E-state index in [1.165, 1.54) is 36.0 Å². The number of nitro benzene ring substituents is 1. The summed E-state index contributed by atoms with van der Waals surface area (Å²) in [5.74, 6) is -1.51. The maximum absolute atomic E-state index is 13.8. The number of nitro groups is 1. The van der Waals surface area contributed by atoms with E-state index in [1.54, 1.807) is 18.2 Å². The lowest BCUT2D eigenvalue weighted by atomic mass is 9.83. The molecule has 1 aromatic heterocycles. The van der Waals surface area contributed by atoms with Crippen LogP contribution in [0, 0.1) is 16.0 Å². The monoisotopic (exact) mass is 579 g/mol. The second-order valence-electron chi connectivity index (χ2n) is 9.02. The minimum atomic E-state index is -0.755. The van der Waals surface area contributed by atoms with Gasteiger partial charge in [0.2, 0.25) is 11.8 Å². The average Bonchev–Trinajstić information content (AvgIpc) is 3.42. The van der Waals surface area contributed by atoms with E-state index in [0.29, 0.717) is 27.3 Å². The number of fused-ring (bicyclic) bond motifs is 2. The molecule has 2 aliphatic heterocycles. The zero-order chi connectivity index (χ0) is 27.3. The smallest absolute Gasteiger partial charge is 0.305 e. The Morgan fingerprint density at radius 2 is 1.74 bits per heavy atom. The van der Waals surface area contributed by atoms with Crippen molar-refractivity contribution in [3.8, 4) is 5.75 Å². The lowest BCUT2D eigenvalue weighted by Crippen LogP contribution is -2.32. The summed E-state index contributed by atoms with van der Waals surface area (Å²) in [5, 5.41) is 11.5. The van der Waals surface area contributed by atoms with Crippen molar-refractivity contribution in [3.05, 3.63) is 114 Å². The van der Waals surface area contributed by atoms with E-state index in [0.717, 1.165) is 27.4 Å². The summed E-state index contributed by atoms with van der Waals surface area (Å²) < 4.78 is 5.90. The lowest BCUT2D eigenvalue weighted by molar-refractivity contribution is -0.384. The highest BCUT2D eigenvalue weighted by molar-refractivity contribution is 8.00. The normalized spacial score (nSPS) is 20.0. The standard InChI is InChI=1S/C27H18ClN3O6S2/c28-16-3-1-2-14(12-16)13-37-19-10-4-15(5-11-19)20-21-23(38-24-22(20)39-27(34)29-24)26(33)30(25(21)32)17-6-8-18(9-7-17)31(35)36/h1-12,20-21,23H,13H2,(H,29,34). The van der Waals surface area contributed by atoms with Crippen LogP contribution < -0.4 is 14.5 Å². The van der Waals surface area contributed by atoms with Gasteiger partial charge in [0.15, 0.2) is 0 Å². The highest BCUT2D eigenvalue weighted by Gasteiger charge is 2.56. The number of amides is 2. The van der Waals surface area contributed by atoms with Crippen LogP contribution in [-0.4, -0.2) is 27.0 Å². The number of thiazole rings is 1. The summed E-state index contributed by atoms with van der Waals surface area (Å²) in [6.07, 6.45) is 0. The van der Waals surface area contributed by atoms with Gasteiger partial charge in [0, 0.05) is 28.0 Å². The van der Waals surface area contributed by atoms with Gasteiger partial charge in [-0.05, 0) is 47.5 Å². The molecule has 39 heavy (non-hydrogen) atoms. The van der Waals surface area contributed by atoms with Gasteiger partial charge in [-0.3, -0.25) is 24.5 Å². The van der Waals surface area contributed by atoms with Crippen LogP contribution in [0.4, 0.5) is 11.4 Å². The molecule has 4 aromatic rings. The van der Waals surface area contributed by atoms with Crippen molar-refractivity contribution < 1.29 is 19.2 Å². The molecule has 0 aliphatic carbocycles. The van der Waals surface area contributed by atoms with E-state index >= 15 is 0 Å². The number of ether oxygens (including phenoxy) is 1. The molecule has 3 aromatic carbocycles. The Morgan fingerprint density at radius 1 is 1.00 bits per heavy atom. The van der Waals surface area contributed by atoms with Gasteiger partial charge in [-0.1, -0.05) is 59.0 Å². The number of imide groups is 1. The second-order valence-corrected chi connectivity index (χ2v) is 11.6. The fourth-order valence-electron chi connectivity index (χ4n) is 4.92. The Hall–Kier alpha value is -3.93. The summed E-state index contributed by atoms with van der Waals surface area (Å²) >= 11 is 8.25. The minimum absolute atomic E-state index is 0.139. The quantitative estimate of drug-likeness (QED) is 0.185. The third-order valence-electron chi connectivity index (χ3n) is 6.68. The molecule has 0 saturated carbocycles. The maximum atomic E-state index is 13.8. The van der Waals surface area contributed by atoms with Crippen LogP contribution in [0.15, 0.2) is 82.6 Å². The van der Waals surface area contributed by atoms with Gasteiger partial charge >= 0.3 is 4.87 Å². The van der Waals surface area contributed by atoms with Gasteiger partial charge in [-0.2, -0.15) is 0 Å². The molecule has 6 rings (SSSR count). The van der Waals surface area contributed by atoms with Crippen LogP contribution in [0.2, 0.25) is 5.02 Å². The number of benzene rings is 3. The lowest BCUT2D eigenvalue weighted by Gasteiger charge is -2.29. The first-order chi connectivity index (χ1) is 18.8. The van der Waals surface area contributed by atoms with Crippen molar-refractivity contribution >= 4 is 57.9 Å². The van der Waals surface area contributed by atoms with Gasteiger partial charge in [0.1, 0.15) is 17.6 Å². The first-order valence-electron chi connectivity index (χ1n) is 11.8. The second kappa shape index (κ2) is 9.99. The molecule has 3 unspecified atom stereocenters. The molecule has 0 bridgehead atoms. The van der Waals surface area contributed by atoms with Gasteiger partial charge in [0.25, 0.3) is 5.69 Å². The molecule has 1 N–H and O–H groups in total. The Morgan fingerprint density at radius 3 is 2.44 bits per heavy atom. The Balaban J connectivity index is 1.31. The predicted octanol–water partition coefficient (Wildman–Crippen LogP) is 5.37. The van der Waals surface area contributed by atoms with E-state index in [1.807, 2.05) is 30.3 Å². The summed E-state index contributed by atoms with van der Waals surface area (Å²) in [5.41, 5.74) is 1.82. The minimum Gasteiger partial charge on any atom is -0.489 e. The molecule has 2 aliphatic rings. The van der Waals surface area contributed by atoms with E-state index in [2.05, 4.69) is 4.98 Å². The number of halogens is 1. The molecule has 196 valence electrons. The summed E-state index contributed by atoms with van der Waals surface area (Å²) in [6.45, 7) is 0.325. The summed E-state index contributed by atoms with van der Waals surface area (Å²) in [4.78, 5) is 54.4. The van der Waals surface area contributed by atoms with Crippen molar-refractivity contribution in [2.24, 2.45) is 5.92 Å². The average molecular weight is 580 g/mol. The number of thioether (sulfide) groups is 1. The van der Waals surface area contributed by atoms with Gasteiger partial charge in [-0.15, -0.1) is 0 Å². The topological polar surface area (TPSA) is 123 Å². The molecule has 1 saturated heterocycles. The predicted molar refractivity (Wildman–Crippen MR) is 148 cm³/mol. The SMILES string of the molecule is O=C1C2Sc3[nH]c(=O)sc3C(c3ccc(OCc4cccc(Cl)c4)cc3)C2C(=O)N1c1ccc([N+](=O)[O-])cc1. The van der Waals surface area contributed by atoms with Crippen molar-refractivity contribution in [3.63, 3.8) is 0 Å². The zero-order valence-corrected chi connectivity index (χ0v) is 22.3. The van der Waals surface area contributed by atoms with Crippen LogP contribution in [-0.2, 0) is 16.2 Å². The molecule has 0 spiro atoms. The van der Waals surface area contributed by atoms with E-state index < -0.39 is 33.8 Å². The van der Waals surface area contributed by atoms with Crippen LogP contribution in [0.5, 0.6) is 5.75 Å². The maximum Gasteiger partial charge on any atom is 0.305 e. The number of aromatic amines is 1. The van der Waals surface area contributed by atoms with Crippen molar-refractivity contribution in [2.45, 2.75) is 22.8 Å². The number of hydrogen-bond donors (Lipinski definition) is 1. The number of nitrogens with one attached hydrogen (secondary N) is 1. The van der Waals surface area contributed by atoms with Crippen molar-refractivity contribution in [2.75, 3.05) is 4.90 Å². The van der Waals surface area contributed by atoms with Gasteiger partial charge < -0.3 is 9.72 Å². The van der Waals surface area contributed by atoms with Crippen LogP contribution in [0.1, 0.15) is 21.9 Å². The first-order valence-corrected chi connectivity index (χ1v) is 13.9. The molecule has 3 heterocycles. The number of hydrogen-bond acceptors (Lipinski definition) is 8. The van der Waals surface area contributed by atoms with E-state index in [9.17, 15) is 24.5 Å². The number of aromatic nitrogens is 1. The first kappa shape index (κ1) is 25.4. The Labute approximate surface area is 234 Å². The highest BCUT2D eigenvalue weighted by atomic mass is 35.5. The molecule has 12 heteroatoms. The number of nitrogens with zero attached hydrogens (tertiary/aromatic N) is 2. The van der Waals surface area contributed by atoms with E-state index in [-0.39, 0.29) is 16.2 Å². The van der Waals surface area contributed by atoms with Gasteiger partial charge in [-0.25, -0.2) is 4.90 Å². The summed E-state index contributed by atoms with van der Waals surface area (Å²) in [6, 6.07) is 20.0. The molecule has 9 nitrogen and oxygen atoms in total. The number of anilines is 1. The van der Waals surface area contributed by atoms with E-state index in [4.69, 9.17) is 16.3 Å². The molecule has 3 atom stereocenters. The van der Waals surface area contributed by atoms with Crippen LogP contribution in [0.25, 0.3) is 0 Å². The van der Waals surface area contributed by atoms with Crippen molar-refractivity contribution in [1.29, 1.82) is 0 Å². The number of carbonyl (C=O) groups is 2. The fourth-order valence-corrected chi connectivity index (χ4v) is 7.65. The molecular formula is C27H18ClN3O6S2. The third-order valence-corrected chi connectivity index (χ3v) is 9.31.